The molecule has 5 rings (SSSR count). The average Bonchev–Trinajstić information content (AvgIpc) is 3.22. The Labute approximate surface area is 212 Å². The predicted octanol–water partition coefficient (Wildman–Crippen LogP) is 3.26. The highest BCUT2D eigenvalue weighted by Crippen LogP contribution is 2.47. The molecule has 2 aliphatic rings. The lowest BCUT2D eigenvalue weighted by Gasteiger charge is -2.43. The Morgan fingerprint density at radius 1 is 0.944 bits per heavy atom. The summed E-state index contributed by atoms with van der Waals surface area (Å²) in [4.78, 5) is 40.9. The molecule has 0 N–H and O–H groups in total. The zero-order valence-corrected chi connectivity index (χ0v) is 21.2. The summed E-state index contributed by atoms with van der Waals surface area (Å²) in [5.41, 5.74) is -1.57. The van der Waals surface area contributed by atoms with Crippen LogP contribution in [0.5, 0.6) is 0 Å². The van der Waals surface area contributed by atoms with Crippen molar-refractivity contribution >= 4 is 17.7 Å². The van der Waals surface area contributed by atoms with Gasteiger partial charge in [-0.15, -0.1) is 11.8 Å². The van der Waals surface area contributed by atoms with E-state index in [9.17, 15) is 14.4 Å². The number of hydrogen-bond acceptors (Lipinski definition) is 7. The van der Waals surface area contributed by atoms with E-state index >= 15 is 0 Å². The van der Waals surface area contributed by atoms with Gasteiger partial charge in [-0.05, 0) is 45.0 Å². The molecule has 0 unspecified atom stereocenters. The van der Waals surface area contributed by atoms with Crippen LogP contribution in [0.3, 0.4) is 0 Å². The summed E-state index contributed by atoms with van der Waals surface area (Å²) in [6, 6.07) is 17.7. The molecule has 2 aliphatic heterocycles. The van der Waals surface area contributed by atoms with E-state index in [0.29, 0.717) is 5.56 Å². The van der Waals surface area contributed by atoms with Crippen molar-refractivity contribution in [2.45, 2.75) is 48.3 Å². The summed E-state index contributed by atoms with van der Waals surface area (Å²) < 4.78 is 20.5. The Kier molecular flexibility index (Phi) is 6.50. The summed E-state index contributed by atoms with van der Waals surface area (Å²) in [5.74, 6) is -1.40. The van der Waals surface area contributed by atoms with Gasteiger partial charge in [0.15, 0.2) is 5.79 Å². The maximum absolute atomic E-state index is 13.7. The Balaban J connectivity index is 1.59. The first-order chi connectivity index (χ1) is 17.2. The second kappa shape index (κ2) is 9.48. The SMILES string of the molecule is Cc1cn([C@H]2COC3(COC(C)(C)OC3)[C@@H]2Sc2ccccc2)c(=O)n(C(=O)c2ccccc2)c1=O. The molecule has 2 aromatic carbocycles. The molecule has 0 amide bonds. The minimum atomic E-state index is -0.807. The second-order valence-corrected chi connectivity index (χ2v) is 10.8. The molecule has 0 aliphatic carbocycles. The quantitative estimate of drug-likeness (QED) is 0.535. The van der Waals surface area contributed by atoms with E-state index in [0.717, 1.165) is 9.46 Å². The molecule has 2 saturated heterocycles. The number of aryl methyl sites for hydroxylation is 1. The molecule has 3 heterocycles. The zero-order valence-electron chi connectivity index (χ0n) is 20.4. The lowest BCUT2D eigenvalue weighted by molar-refractivity contribution is -0.300. The van der Waals surface area contributed by atoms with Crippen molar-refractivity contribution in [3.05, 3.63) is 98.8 Å². The maximum atomic E-state index is 13.7. The number of benzene rings is 2. The second-order valence-electron chi connectivity index (χ2n) is 9.59. The van der Waals surface area contributed by atoms with Crippen LogP contribution in [0.4, 0.5) is 0 Å². The third kappa shape index (κ3) is 4.48. The van der Waals surface area contributed by atoms with Crippen LogP contribution in [0.2, 0.25) is 0 Å². The van der Waals surface area contributed by atoms with E-state index in [4.69, 9.17) is 14.2 Å². The third-order valence-electron chi connectivity index (χ3n) is 6.61. The number of aromatic nitrogens is 2. The van der Waals surface area contributed by atoms with Gasteiger partial charge in [0.25, 0.3) is 11.5 Å². The molecule has 1 aromatic heterocycles. The molecular formula is C27H28N2O6S. The molecule has 2 fully saturated rings. The van der Waals surface area contributed by atoms with Gasteiger partial charge >= 0.3 is 5.69 Å². The Bertz CT molecular complexity index is 1370. The van der Waals surface area contributed by atoms with Crippen LogP contribution in [0, 0.1) is 6.92 Å². The van der Waals surface area contributed by atoms with Crippen LogP contribution < -0.4 is 11.2 Å². The Morgan fingerprint density at radius 2 is 1.56 bits per heavy atom. The highest BCUT2D eigenvalue weighted by Gasteiger charge is 2.55. The first-order valence-electron chi connectivity index (χ1n) is 11.8. The van der Waals surface area contributed by atoms with Crippen molar-refractivity contribution in [3.63, 3.8) is 0 Å². The zero-order chi connectivity index (χ0) is 25.5. The van der Waals surface area contributed by atoms with Crippen LogP contribution in [0.25, 0.3) is 0 Å². The van der Waals surface area contributed by atoms with Gasteiger partial charge in [0.2, 0.25) is 0 Å². The van der Waals surface area contributed by atoms with E-state index in [1.807, 2.05) is 44.2 Å². The fourth-order valence-electron chi connectivity index (χ4n) is 4.58. The Morgan fingerprint density at radius 3 is 2.19 bits per heavy atom. The van der Waals surface area contributed by atoms with Gasteiger partial charge in [-0.1, -0.05) is 36.4 Å². The van der Waals surface area contributed by atoms with Crippen molar-refractivity contribution in [1.82, 2.24) is 9.13 Å². The van der Waals surface area contributed by atoms with Gasteiger partial charge in [0.05, 0.1) is 31.1 Å². The van der Waals surface area contributed by atoms with Crippen molar-refractivity contribution in [2.24, 2.45) is 0 Å². The third-order valence-corrected chi connectivity index (χ3v) is 8.15. The van der Waals surface area contributed by atoms with Crippen LogP contribution in [0.15, 0.2) is 81.3 Å². The fraction of sp³-hybridized carbons (Fsp3) is 0.370. The van der Waals surface area contributed by atoms with Crippen LogP contribution in [0.1, 0.15) is 35.8 Å². The molecule has 2 atom stereocenters. The number of nitrogens with zero attached hydrogens (tertiary/aromatic N) is 2. The van der Waals surface area contributed by atoms with Gasteiger partial charge in [0, 0.05) is 22.2 Å². The standard InChI is InChI=1S/C27H28N2O6S/c1-18-14-28(25(32)29(23(18)30)24(31)19-10-6-4-7-11-19)21-15-33-27(16-34-26(2,3)35-17-27)22(21)36-20-12-8-5-9-13-20/h4-14,21-22H,15-17H2,1-3H3/t21-,22+/m0/s1. The molecule has 8 nitrogen and oxygen atoms in total. The first-order valence-corrected chi connectivity index (χ1v) is 12.7. The largest absolute Gasteiger partial charge is 0.367 e. The van der Waals surface area contributed by atoms with Crippen molar-refractivity contribution < 1.29 is 19.0 Å². The summed E-state index contributed by atoms with van der Waals surface area (Å²) in [6.45, 7) is 6.09. The maximum Gasteiger partial charge on any atom is 0.338 e. The first kappa shape index (κ1) is 24.7. The Hall–Kier alpha value is -2.98. The fourth-order valence-corrected chi connectivity index (χ4v) is 5.97. The normalized spacial score (nSPS) is 22.5. The number of carbonyl (C=O) groups is 1. The van der Waals surface area contributed by atoms with Crippen LogP contribution in [-0.2, 0) is 14.2 Å². The van der Waals surface area contributed by atoms with E-state index in [2.05, 4.69) is 0 Å². The predicted molar refractivity (Wildman–Crippen MR) is 136 cm³/mol. The van der Waals surface area contributed by atoms with Crippen LogP contribution >= 0.6 is 11.8 Å². The van der Waals surface area contributed by atoms with E-state index in [-0.39, 0.29) is 30.6 Å². The lowest BCUT2D eigenvalue weighted by atomic mass is 9.97. The number of rotatable bonds is 4. The molecular weight excluding hydrogens is 480 g/mol. The number of ether oxygens (including phenoxy) is 3. The molecule has 0 radical (unpaired) electrons. The summed E-state index contributed by atoms with van der Waals surface area (Å²) in [7, 11) is 0. The molecule has 1 spiro atoms. The highest BCUT2D eigenvalue weighted by atomic mass is 32.2. The molecule has 36 heavy (non-hydrogen) atoms. The van der Waals surface area contributed by atoms with Crippen molar-refractivity contribution in [2.75, 3.05) is 19.8 Å². The minimum absolute atomic E-state index is 0.203. The van der Waals surface area contributed by atoms with Gasteiger partial charge in [-0.25, -0.2) is 4.79 Å². The molecule has 3 aromatic rings. The van der Waals surface area contributed by atoms with Gasteiger partial charge < -0.3 is 14.2 Å². The van der Waals surface area contributed by atoms with E-state index in [1.165, 1.54) is 10.8 Å². The average molecular weight is 509 g/mol. The van der Waals surface area contributed by atoms with Gasteiger partial charge in [-0.2, -0.15) is 4.57 Å². The van der Waals surface area contributed by atoms with Crippen LogP contribution in [-0.4, -0.2) is 51.5 Å². The topological polar surface area (TPSA) is 88.8 Å². The number of thioether (sulfide) groups is 1. The molecule has 9 heteroatoms. The minimum Gasteiger partial charge on any atom is -0.367 e. The lowest BCUT2D eigenvalue weighted by Crippen LogP contribution is -2.56. The molecule has 0 saturated carbocycles. The van der Waals surface area contributed by atoms with Crippen molar-refractivity contribution in [3.8, 4) is 0 Å². The summed E-state index contributed by atoms with van der Waals surface area (Å²) >= 11 is 1.57. The highest BCUT2D eigenvalue weighted by molar-refractivity contribution is 8.00. The number of hydrogen-bond donors (Lipinski definition) is 0. The van der Waals surface area contributed by atoms with E-state index in [1.54, 1.807) is 49.0 Å². The van der Waals surface area contributed by atoms with Gasteiger partial charge in [0.1, 0.15) is 5.60 Å². The monoisotopic (exact) mass is 508 g/mol. The smallest absolute Gasteiger partial charge is 0.338 e. The summed E-state index contributed by atoms with van der Waals surface area (Å²) in [6.07, 6.45) is 1.53. The summed E-state index contributed by atoms with van der Waals surface area (Å²) in [5, 5.41) is -0.286. The number of carbonyl (C=O) groups excluding carboxylic acids is 1. The van der Waals surface area contributed by atoms with Crippen molar-refractivity contribution in [1.29, 1.82) is 0 Å². The molecule has 0 bridgehead atoms. The van der Waals surface area contributed by atoms with Gasteiger partial charge in [-0.3, -0.25) is 14.2 Å². The van der Waals surface area contributed by atoms with E-state index < -0.39 is 34.6 Å². The molecule has 188 valence electrons.